The van der Waals surface area contributed by atoms with Gasteiger partial charge in [-0.1, -0.05) is 6.07 Å². The van der Waals surface area contributed by atoms with Crippen LogP contribution in [0.5, 0.6) is 0 Å². The normalized spacial score (nSPS) is 10.7. The molecule has 1 heterocycles. The maximum Gasteiger partial charge on any atom is 0.220 e. The zero-order chi connectivity index (χ0) is 14.1. The molecule has 0 saturated carbocycles. The van der Waals surface area contributed by atoms with E-state index in [9.17, 15) is 4.39 Å². The van der Waals surface area contributed by atoms with Crippen molar-refractivity contribution in [3.8, 4) is 11.1 Å². The smallest absolute Gasteiger partial charge is 0.220 e. The van der Waals surface area contributed by atoms with E-state index >= 15 is 0 Å². The standard InChI is InChI=1S/C15H13FN4/c1-18-11-3-4-13(16)12(7-11)9-2-5-14-10(6-9)8-19-15(17)20-14/h2-8,18H,1H3,(H2,17,19,20). The van der Waals surface area contributed by atoms with Crippen LogP contribution in [0.25, 0.3) is 22.0 Å². The van der Waals surface area contributed by atoms with Gasteiger partial charge in [-0.2, -0.15) is 0 Å². The SMILES string of the molecule is CNc1ccc(F)c(-c2ccc3nc(N)ncc3c2)c1. The molecule has 3 rings (SSSR count). The van der Waals surface area contributed by atoms with Crippen molar-refractivity contribution >= 4 is 22.5 Å². The van der Waals surface area contributed by atoms with Crippen LogP contribution in [0.2, 0.25) is 0 Å². The Hall–Kier alpha value is -2.69. The van der Waals surface area contributed by atoms with Crippen molar-refractivity contribution in [2.75, 3.05) is 18.1 Å². The van der Waals surface area contributed by atoms with Gasteiger partial charge in [0.1, 0.15) is 5.82 Å². The van der Waals surface area contributed by atoms with Gasteiger partial charge >= 0.3 is 0 Å². The van der Waals surface area contributed by atoms with Crippen molar-refractivity contribution in [2.45, 2.75) is 0 Å². The molecule has 5 heteroatoms. The predicted octanol–water partition coefficient (Wildman–Crippen LogP) is 3.06. The van der Waals surface area contributed by atoms with E-state index in [1.165, 1.54) is 6.07 Å². The van der Waals surface area contributed by atoms with Crippen LogP contribution in [0.15, 0.2) is 42.6 Å². The minimum atomic E-state index is -0.264. The van der Waals surface area contributed by atoms with E-state index < -0.39 is 0 Å². The molecule has 20 heavy (non-hydrogen) atoms. The maximum atomic E-state index is 14.0. The van der Waals surface area contributed by atoms with Crippen molar-refractivity contribution in [1.29, 1.82) is 0 Å². The van der Waals surface area contributed by atoms with Gasteiger partial charge in [-0.05, 0) is 35.9 Å². The Labute approximate surface area is 115 Å². The summed E-state index contributed by atoms with van der Waals surface area (Å²) in [5, 5.41) is 3.83. The van der Waals surface area contributed by atoms with Crippen molar-refractivity contribution < 1.29 is 4.39 Å². The second-order valence-corrected chi connectivity index (χ2v) is 4.45. The molecule has 2 aromatic carbocycles. The molecule has 0 unspecified atom stereocenters. The molecule has 0 bridgehead atoms. The monoisotopic (exact) mass is 268 g/mol. The van der Waals surface area contributed by atoms with Gasteiger partial charge in [0.25, 0.3) is 0 Å². The molecule has 0 aliphatic heterocycles. The van der Waals surface area contributed by atoms with Gasteiger partial charge in [0.15, 0.2) is 0 Å². The Bertz CT molecular complexity index is 786. The van der Waals surface area contributed by atoms with Crippen molar-refractivity contribution in [3.63, 3.8) is 0 Å². The van der Waals surface area contributed by atoms with E-state index in [4.69, 9.17) is 5.73 Å². The molecule has 3 aromatic rings. The Morgan fingerprint density at radius 3 is 2.80 bits per heavy atom. The first kappa shape index (κ1) is 12.3. The summed E-state index contributed by atoms with van der Waals surface area (Å²) in [6.45, 7) is 0. The number of aromatic nitrogens is 2. The van der Waals surface area contributed by atoms with E-state index in [0.717, 1.165) is 22.2 Å². The molecule has 0 atom stereocenters. The lowest BCUT2D eigenvalue weighted by atomic mass is 10.0. The summed E-state index contributed by atoms with van der Waals surface area (Å²) in [6, 6.07) is 10.4. The lowest BCUT2D eigenvalue weighted by molar-refractivity contribution is 0.631. The summed E-state index contributed by atoms with van der Waals surface area (Å²) in [4.78, 5) is 8.09. The van der Waals surface area contributed by atoms with Crippen LogP contribution in [-0.2, 0) is 0 Å². The zero-order valence-electron chi connectivity index (χ0n) is 10.9. The molecule has 100 valence electrons. The third-order valence-electron chi connectivity index (χ3n) is 3.16. The fraction of sp³-hybridized carbons (Fsp3) is 0.0667. The molecule has 4 nitrogen and oxygen atoms in total. The first-order chi connectivity index (χ1) is 9.67. The number of nitrogens with one attached hydrogen (secondary N) is 1. The molecular formula is C15H13FN4. The zero-order valence-corrected chi connectivity index (χ0v) is 10.9. The first-order valence-electron chi connectivity index (χ1n) is 6.17. The van der Waals surface area contributed by atoms with Gasteiger partial charge in [0.05, 0.1) is 5.52 Å². The number of halogens is 1. The Balaban J connectivity index is 2.17. The molecule has 0 spiro atoms. The summed E-state index contributed by atoms with van der Waals surface area (Å²) in [5.41, 5.74) is 8.46. The molecule has 0 fully saturated rings. The number of hydrogen-bond donors (Lipinski definition) is 2. The van der Waals surface area contributed by atoms with Crippen LogP contribution < -0.4 is 11.1 Å². The minimum absolute atomic E-state index is 0.230. The second kappa shape index (κ2) is 4.77. The van der Waals surface area contributed by atoms with Gasteiger partial charge in [-0.3, -0.25) is 0 Å². The summed E-state index contributed by atoms with van der Waals surface area (Å²) in [6.07, 6.45) is 1.64. The first-order valence-corrected chi connectivity index (χ1v) is 6.17. The van der Waals surface area contributed by atoms with Gasteiger partial charge in [0.2, 0.25) is 5.95 Å². The Kier molecular flexibility index (Phi) is 2.95. The third-order valence-corrected chi connectivity index (χ3v) is 3.16. The van der Waals surface area contributed by atoms with Crippen molar-refractivity contribution in [3.05, 3.63) is 48.4 Å². The van der Waals surface area contributed by atoms with Crippen LogP contribution >= 0.6 is 0 Å². The molecular weight excluding hydrogens is 255 g/mol. The van der Waals surface area contributed by atoms with Crippen molar-refractivity contribution in [1.82, 2.24) is 9.97 Å². The molecule has 1 aromatic heterocycles. The highest BCUT2D eigenvalue weighted by Gasteiger charge is 2.07. The van der Waals surface area contributed by atoms with Gasteiger partial charge in [-0.15, -0.1) is 0 Å². The molecule has 0 aliphatic carbocycles. The summed E-state index contributed by atoms with van der Waals surface area (Å²) in [7, 11) is 1.80. The highest BCUT2D eigenvalue weighted by Crippen LogP contribution is 2.28. The largest absolute Gasteiger partial charge is 0.388 e. The van der Waals surface area contributed by atoms with Crippen LogP contribution in [0.1, 0.15) is 0 Å². The van der Waals surface area contributed by atoms with Crippen molar-refractivity contribution in [2.24, 2.45) is 0 Å². The topological polar surface area (TPSA) is 63.8 Å². The van der Waals surface area contributed by atoms with Crippen LogP contribution in [0.3, 0.4) is 0 Å². The van der Waals surface area contributed by atoms with E-state index in [1.807, 2.05) is 18.2 Å². The summed E-state index contributed by atoms with van der Waals surface area (Å²) >= 11 is 0. The predicted molar refractivity (Wildman–Crippen MR) is 78.9 cm³/mol. The van der Waals surface area contributed by atoms with E-state index in [1.54, 1.807) is 25.4 Å². The van der Waals surface area contributed by atoms with Gasteiger partial charge in [0, 0.05) is 29.9 Å². The van der Waals surface area contributed by atoms with Crippen LogP contribution in [0.4, 0.5) is 16.0 Å². The lowest BCUT2D eigenvalue weighted by Crippen LogP contribution is -1.94. The number of nitrogens with two attached hydrogens (primary N) is 1. The number of anilines is 2. The molecule has 0 aliphatic rings. The van der Waals surface area contributed by atoms with Gasteiger partial charge in [-0.25, -0.2) is 14.4 Å². The number of benzene rings is 2. The van der Waals surface area contributed by atoms with E-state index in [2.05, 4.69) is 15.3 Å². The molecule has 3 N–H and O–H groups in total. The quantitative estimate of drug-likeness (QED) is 0.749. The van der Waals surface area contributed by atoms with Crippen LogP contribution in [0, 0.1) is 5.82 Å². The van der Waals surface area contributed by atoms with Gasteiger partial charge < -0.3 is 11.1 Å². The number of nitrogens with zero attached hydrogens (tertiary/aromatic N) is 2. The Morgan fingerprint density at radius 1 is 1.15 bits per heavy atom. The van der Waals surface area contributed by atoms with E-state index in [-0.39, 0.29) is 11.8 Å². The lowest BCUT2D eigenvalue weighted by Gasteiger charge is -2.08. The summed E-state index contributed by atoms with van der Waals surface area (Å²) < 4.78 is 14.0. The molecule has 0 radical (unpaired) electrons. The summed E-state index contributed by atoms with van der Waals surface area (Å²) in [5.74, 6) is -0.0340. The minimum Gasteiger partial charge on any atom is -0.388 e. The number of hydrogen-bond acceptors (Lipinski definition) is 4. The number of rotatable bonds is 2. The third kappa shape index (κ3) is 2.14. The number of fused-ring (bicyclic) bond motifs is 1. The number of nitrogen functional groups attached to an aromatic ring is 1. The van der Waals surface area contributed by atoms with Crippen LogP contribution in [-0.4, -0.2) is 17.0 Å². The molecule has 0 amide bonds. The highest BCUT2D eigenvalue weighted by atomic mass is 19.1. The highest BCUT2D eigenvalue weighted by molar-refractivity contribution is 5.85. The maximum absolute atomic E-state index is 14.0. The Morgan fingerprint density at radius 2 is 2.00 bits per heavy atom. The average Bonchev–Trinajstić information content (AvgIpc) is 2.47. The van der Waals surface area contributed by atoms with E-state index in [0.29, 0.717) is 5.56 Å². The average molecular weight is 268 g/mol. The second-order valence-electron chi connectivity index (χ2n) is 4.45. The fourth-order valence-corrected chi connectivity index (χ4v) is 2.12. The molecule has 0 saturated heterocycles. The fourth-order valence-electron chi connectivity index (χ4n) is 2.12.